The van der Waals surface area contributed by atoms with Gasteiger partial charge in [0.15, 0.2) is 0 Å². The molecule has 5 heteroatoms. The zero-order valence-corrected chi connectivity index (χ0v) is 12.1. The number of hydrogen-bond acceptors (Lipinski definition) is 4. The van der Waals surface area contributed by atoms with Crippen molar-refractivity contribution in [3.05, 3.63) is 51.5 Å². The summed E-state index contributed by atoms with van der Waals surface area (Å²) < 4.78 is 0. The second-order valence-corrected chi connectivity index (χ2v) is 6.32. The third-order valence-corrected chi connectivity index (χ3v) is 4.54. The Hall–Kier alpha value is -1.72. The first-order valence-corrected chi connectivity index (χ1v) is 7.43. The molecule has 1 N–H and O–H groups in total. The van der Waals surface area contributed by atoms with E-state index in [2.05, 4.69) is 4.98 Å². The SMILES string of the molecule is Cc1ncc(CN2CCc3ccccc3C2C(=O)O)s1. The molecule has 1 aromatic carbocycles. The summed E-state index contributed by atoms with van der Waals surface area (Å²) in [7, 11) is 0. The van der Waals surface area contributed by atoms with Gasteiger partial charge in [-0.2, -0.15) is 0 Å². The number of rotatable bonds is 3. The first-order valence-electron chi connectivity index (χ1n) is 6.61. The van der Waals surface area contributed by atoms with Crippen LogP contribution in [0.25, 0.3) is 0 Å². The Morgan fingerprint density at radius 3 is 3.00 bits per heavy atom. The van der Waals surface area contributed by atoms with Crippen LogP contribution in [0.5, 0.6) is 0 Å². The van der Waals surface area contributed by atoms with E-state index < -0.39 is 12.0 Å². The second kappa shape index (κ2) is 5.34. The fourth-order valence-electron chi connectivity index (χ4n) is 2.76. The molecule has 0 radical (unpaired) electrons. The number of benzene rings is 1. The maximum absolute atomic E-state index is 11.7. The number of carboxylic acid groups (broad SMARTS) is 1. The average molecular weight is 288 g/mol. The number of carbonyl (C=O) groups is 1. The molecule has 1 unspecified atom stereocenters. The van der Waals surface area contributed by atoms with Crippen LogP contribution in [0.3, 0.4) is 0 Å². The lowest BCUT2D eigenvalue weighted by molar-refractivity contribution is -0.144. The molecule has 0 amide bonds. The summed E-state index contributed by atoms with van der Waals surface area (Å²) in [5.41, 5.74) is 2.07. The van der Waals surface area contributed by atoms with E-state index >= 15 is 0 Å². The number of aryl methyl sites for hydroxylation is 1. The van der Waals surface area contributed by atoms with Crippen LogP contribution in [0, 0.1) is 6.92 Å². The average Bonchev–Trinajstić information content (AvgIpc) is 2.83. The van der Waals surface area contributed by atoms with Crippen LogP contribution >= 0.6 is 11.3 Å². The Balaban J connectivity index is 1.90. The van der Waals surface area contributed by atoms with Crippen LogP contribution in [0.1, 0.15) is 27.1 Å². The van der Waals surface area contributed by atoms with Gasteiger partial charge in [-0.25, -0.2) is 4.98 Å². The summed E-state index contributed by atoms with van der Waals surface area (Å²) in [4.78, 5) is 19.1. The topological polar surface area (TPSA) is 53.4 Å². The Labute approximate surface area is 121 Å². The van der Waals surface area contributed by atoms with Crippen LogP contribution in [0.4, 0.5) is 0 Å². The van der Waals surface area contributed by atoms with Crippen LogP contribution < -0.4 is 0 Å². The highest BCUT2D eigenvalue weighted by Crippen LogP contribution is 2.31. The highest BCUT2D eigenvalue weighted by molar-refractivity contribution is 7.11. The molecular formula is C15H16N2O2S. The quantitative estimate of drug-likeness (QED) is 0.943. The summed E-state index contributed by atoms with van der Waals surface area (Å²) in [6, 6.07) is 7.29. The number of aliphatic carboxylic acids is 1. The van der Waals surface area contributed by atoms with Crippen molar-refractivity contribution >= 4 is 17.3 Å². The minimum atomic E-state index is -0.779. The maximum atomic E-state index is 11.7. The smallest absolute Gasteiger partial charge is 0.325 e. The van der Waals surface area contributed by atoms with E-state index in [9.17, 15) is 9.90 Å². The summed E-state index contributed by atoms with van der Waals surface area (Å²) in [6.07, 6.45) is 2.75. The van der Waals surface area contributed by atoms with Gasteiger partial charge in [-0.15, -0.1) is 11.3 Å². The van der Waals surface area contributed by atoms with Crippen molar-refractivity contribution < 1.29 is 9.90 Å². The Bertz CT molecular complexity index is 638. The lowest BCUT2D eigenvalue weighted by Gasteiger charge is -2.34. The fourth-order valence-corrected chi connectivity index (χ4v) is 3.58. The molecule has 0 saturated carbocycles. The molecule has 20 heavy (non-hydrogen) atoms. The molecule has 1 aliphatic heterocycles. The van der Waals surface area contributed by atoms with E-state index in [1.807, 2.05) is 42.3 Å². The van der Waals surface area contributed by atoms with Gasteiger partial charge in [0.25, 0.3) is 0 Å². The van der Waals surface area contributed by atoms with E-state index in [-0.39, 0.29) is 0 Å². The summed E-state index contributed by atoms with van der Waals surface area (Å²) in [5.74, 6) is -0.779. The fraction of sp³-hybridized carbons (Fsp3) is 0.333. The molecule has 0 spiro atoms. The van der Waals surface area contributed by atoms with E-state index in [1.165, 1.54) is 0 Å². The number of carboxylic acids is 1. The molecule has 0 bridgehead atoms. The second-order valence-electron chi connectivity index (χ2n) is 5.01. The lowest BCUT2D eigenvalue weighted by Crippen LogP contribution is -2.39. The molecular weight excluding hydrogens is 272 g/mol. The van der Waals surface area contributed by atoms with E-state index in [4.69, 9.17) is 0 Å². The van der Waals surface area contributed by atoms with Gasteiger partial charge in [0, 0.05) is 24.2 Å². The summed E-state index contributed by atoms with van der Waals surface area (Å²) in [5, 5.41) is 10.6. The monoisotopic (exact) mass is 288 g/mol. The van der Waals surface area contributed by atoms with Gasteiger partial charge in [-0.3, -0.25) is 9.69 Å². The number of nitrogens with zero attached hydrogens (tertiary/aromatic N) is 2. The number of hydrogen-bond donors (Lipinski definition) is 1. The lowest BCUT2D eigenvalue weighted by atomic mass is 9.92. The van der Waals surface area contributed by atoms with Gasteiger partial charge >= 0.3 is 5.97 Å². The Morgan fingerprint density at radius 1 is 1.50 bits per heavy atom. The molecule has 3 rings (SSSR count). The van der Waals surface area contributed by atoms with Gasteiger partial charge in [-0.05, 0) is 24.5 Å². The van der Waals surface area contributed by atoms with E-state index in [0.29, 0.717) is 6.54 Å². The van der Waals surface area contributed by atoms with Gasteiger partial charge in [0.2, 0.25) is 0 Å². The first kappa shape index (κ1) is 13.3. The summed E-state index contributed by atoms with van der Waals surface area (Å²) >= 11 is 1.63. The third-order valence-electron chi connectivity index (χ3n) is 3.65. The molecule has 4 nitrogen and oxygen atoms in total. The molecule has 2 heterocycles. The molecule has 1 aromatic heterocycles. The highest BCUT2D eigenvalue weighted by atomic mass is 32.1. The van der Waals surface area contributed by atoms with Gasteiger partial charge in [0.1, 0.15) is 6.04 Å². The van der Waals surface area contributed by atoms with Gasteiger partial charge in [0.05, 0.1) is 5.01 Å². The largest absolute Gasteiger partial charge is 0.480 e. The Kier molecular flexibility index (Phi) is 3.54. The third kappa shape index (κ3) is 2.46. The molecule has 0 aliphatic carbocycles. The van der Waals surface area contributed by atoms with Crippen molar-refractivity contribution in [1.29, 1.82) is 0 Å². The van der Waals surface area contributed by atoms with Crippen molar-refractivity contribution in [2.24, 2.45) is 0 Å². The van der Waals surface area contributed by atoms with Crippen LogP contribution in [-0.4, -0.2) is 27.5 Å². The molecule has 0 saturated heterocycles. The van der Waals surface area contributed by atoms with E-state index in [0.717, 1.165) is 34.0 Å². The predicted molar refractivity (Wildman–Crippen MR) is 77.8 cm³/mol. The standard InChI is InChI=1S/C15H16N2O2S/c1-10-16-8-12(20-10)9-17-7-6-11-4-2-3-5-13(11)14(17)15(18)19/h2-5,8,14H,6-7,9H2,1H3,(H,18,19). The van der Waals surface area contributed by atoms with Crippen molar-refractivity contribution in [2.45, 2.75) is 25.9 Å². The van der Waals surface area contributed by atoms with Gasteiger partial charge < -0.3 is 5.11 Å². The Morgan fingerprint density at radius 2 is 2.30 bits per heavy atom. The number of aromatic nitrogens is 1. The maximum Gasteiger partial charge on any atom is 0.325 e. The van der Waals surface area contributed by atoms with Crippen LogP contribution in [0.2, 0.25) is 0 Å². The minimum Gasteiger partial charge on any atom is -0.480 e. The van der Waals surface area contributed by atoms with Crippen molar-refractivity contribution in [2.75, 3.05) is 6.54 Å². The van der Waals surface area contributed by atoms with Gasteiger partial charge in [-0.1, -0.05) is 24.3 Å². The van der Waals surface area contributed by atoms with Crippen LogP contribution in [-0.2, 0) is 17.8 Å². The molecule has 0 fully saturated rings. The molecule has 2 aromatic rings. The first-order chi connectivity index (χ1) is 9.65. The number of fused-ring (bicyclic) bond motifs is 1. The molecule has 1 atom stereocenters. The van der Waals surface area contributed by atoms with E-state index in [1.54, 1.807) is 11.3 Å². The zero-order valence-electron chi connectivity index (χ0n) is 11.2. The molecule has 104 valence electrons. The number of thiazole rings is 1. The van der Waals surface area contributed by atoms with Crippen LogP contribution in [0.15, 0.2) is 30.5 Å². The zero-order chi connectivity index (χ0) is 14.1. The molecule has 1 aliphatic rings. The van der Waals surface area contributed by atoms with Crippen molar-refractivity contribution in [3.63, 3.8) is 0 Å². The minimum absolute atomic E-state index is 0.553. The van der Waals surface area contributed by atoms with Crippen molar-refractivity contribution in [3.8, 4) is 0 Å². The van der Waals surface area contributed by atoms with Crippen molar-refractivity contribution in [1.82, 2.24) is 9.88 Å². The summed E-state index contributed by atoms with van der Waals surface area (Å²) in [6.45, 7) is 3.39. The normalized spacial score (nSPS) is 18.8. The highest BCUT2D eigenvalue weighted by Gasteiger charge is 2.32. The predicted octanol–water partition coefficient (Wildman–Crippen LogP) is 2.64.